The fourth-order valence-electron chi connectivity index (χ4n) is 2.53. The van der Waals surface area contributed by atoms with Gasteiger partial charge < -0.3 is 15.0 Å². The van der Waals surface area contributed by atoms with E-state index in [2.05, 4.69) is 34.5 Å². The van der Waals surface area contributed by atoms with E-state index in [-0.39, 0.29) is 6.10 Å². The molecule has 1 saturated heterocycles. The molecule has 1 aliphatic rings. The zero-order valence-corrected chi connectivity index (χ0v) is 12.4. The Labute approximate surface area is 125 Å². The first-order valence-electron chi connectivity index (χ1n) is 7.42. The molecule has 112 valence electrons. The Morgan fingerprint density at radius 1 is 1.29 bits per heavy atom. The minimum absolute atomic E-state index is 0.278. The highest BCUT2D eigenvalue weighted by molar-refractivity contribution is 5.30. The van der Waals surface area contributed by atoms with Crippen molar-refractivity contribution in [2.75, 3.05) is 33.3 Å². The lowest BCUT2D eigenvalue weighted by molar-refractivity contribution is -0.0182. The zero-order chi connectivity index (χ0) is 14.5. The van der Waals surface area contributed by atoms with Crippen LogP contribution in [0, 0.1) is 0 Å². The molecule has 1 unspecified atom stereocenters. The van der Waals surface area contributed by atoms with Crippen LogP contribution >= 0.6 is 0 Å². The lowest BCUT2D eigenvalue weighted by atomic mass is 10.3. The van der Waals surface area contributed by atoms with Gasteiger partial charge in [-0.05, 0) is 25.2 Å². The molecule has 5 heteroatoms. The number of hydrogen-bond acceptors (Lipinski definition) is 4. The summed E-state index contributed by atoms with van der Waals surface area (Å²) in [4.78, 5) is 2.31. The van der Waals surface area contributed by atoms with Gasteiger partial charge in [-0.1, -0.05) is 18.2 Å². The van der Waals surface area contributed by atoms with Gasteiger partial charge in [0.2, 0.25) is 0 Å². The third-order valence-electron chi connectivity index (χ3n) is 3.69. The molecule has 2 heterocycles. The predicted molar refractivity (Wildman–Crippen MR) is 82.5 cm³/mol. The molecule has 1 aliphatic heterocycles. The summed E-state index contributed by atoms with van der Waals surface area (Å²) in [6, 6.07) is 12.2. The van der Waals surface area contributed by atoms with Gasteiger partial charge in [0.15, 0.2) is 0 Å². The molecule has 0 aliphatic carbocycles. The summed E-state index contributed by atoms with van der Waals surface area (Å²) >= 11 is 0. The Morgan fingerprint density at radius 2 is 2.14 bits per heavy atom. The monoisotopic (exact) mass is 286 g/mol. The van der Waals surface area contributed by atoms with Gasteiger partial charge in [0.1, 0.15) is 0 Å². The minimum Gasteiger partial charge on any atom is -0.374 e. The molecular weight excluding hydrogens is 264 g/mol. The van der Waals surface area contributed by atoms with Gasteiger partial charge in [-0.15, -0.1) is 0 Å². The van der Waals surface area contributed by atoms with Crippen molar-refractivity contribution in [2.24, 2.45) is 0 Å². The second kappa shape index (κ2) is 6.85. The van der Waals surface area contributed by atoms with Gasteiger partial charge in [0.05, 0.1) is 24.1 Å². The van der Waals surface area contributed by atoms with Crippen molar-refractivity contribution in [1.29, 1.82) is 0 Å². The van der Waals surface area contributed by atoms with Crippen molar-refractivity contribution < 1.29 is 4.74 Å². The van der Waals surface area contributed by atoms with Crippen LogP contribution in [-0.4, -0.2) is 54.1 Å². The van der Waals surface area contributed by atoms with Gasteiger partial charge in [0.25, 0.3) is 0 Å². The molecule has 21 heavy (non-hydrogen) atoms. The molecule has 0 amide bonds. The number of nitrogens with zero attached hydrogens (tertiary/aromatic N) is 3. The van der Waals surface area contributed by atoms with Gasteiger partial charge in [0, 0.05) is 32.4 Å². The van der Waals surface area contributed by atoms with E-state index >= 15 is 0 Å². The molecular formula is C16H22N4O. The van der Waals surface area contributed by atoms with E-state index in [1.807, 2.05) is 35.1 Å². The Balaban J connectivity index is 1.49. The summed E-state index contributed by atoms with van der Waals surface area (Å²) in [5.41, 5.74) is 2.13. The molecule has 5 nitrogen and oxygen atoms in total. The van der Waals surface area contributed by atoms with Crippen LogP contribution in [0.2, 0.25) is 0 Å². The quantitative estimate of drug-likeness (QED) is 0.899. The largest absolute Gasteiger partial charge is 0.374 e. The van der Waals surface area contributed by atoms with Gasteiger partial charge >= 0.3 is 0 Å². The first-order chi connectivity index (χ1) is 10.3. The van der Waals surface area contributed by atoms with Crippen LogP contribution in [0.25, 0.3) is 5.69 Å². The second-order valence-corrected chi connectivity index (χ2v) is 5.47. The van der Waals surface area contributed by atoms with Crippen molar-refractivity contribution in [1.82, 2.24) is 20.0 Å². The van der Waals surface area contributed by atoms with Crippen molar-refractivity contribution in [3.05, 3.63) is 48.3 Å². The predicted octanol–water partition coefficient (Wildman–Crippen LogP) is 1.29. The van der Waals surface area contributed by atoms with Crippen LogP contribution in [0.15, 0.2) is 42.6 Å². The van der Waals surface area contributed by atoms with E-state index in [4.69, 9.17) is 4.74 Å². The van der Waals surface area contributed by atoms with E-state index in [1.54, 1.807) is 0 Å². The fourth-order valence-corrected chi connectivity index (χ4v) is 2.53. The molecule has 0 spiro atoms. The minimum atomic E-state index is 0.278. The zero-order valence-electron chi connectivity index (χ0n) is 12.4. The highest BCUT2D eigenvalue weighted by Crippen LogP contribution is 2.07. The smallest absolute Gasteiger partial charge is 0.0826 e. The molecule has 1 aromatic carbocycles. The molecule has 1 aromatic heterocycles. The Bertz CT molecular complexity index is 554. The van der Waals surface area contributed by atoms with E-state index in [0.717, 1.165) is 44.2 Å². The maximum atomic E-state index is 5.73. The van der Waals surface area contributed by atoms with Crippen molar-refractivity contribution in [3.63, 3.8) is 0 Å². The number of likely N-dealkylation sites (N-methyl/N-ethyl adjacent to an activating group) is 1. The first-order valence-corrected chi connectivity index (χ1v) is 7.42. The Kier molecular flexibility index (Phi) is 4.65. The Hall–Kier alpha value is -1.69. The second-order valence-electron chi connectivity index (χ2n) is 5.47. The molecule has 0 bridgehead atoms. The van der Waals surface area contributed by atoms with Crippen LogP contribution < -0.4 is 5.32 Å². The summed E-state index contributed by atoms with van der Waals surface area (Å²) in [6.07, 6.45) is 2.27. The third-order valence-corrected chi connectivity index (χ3v) is 3.69. The number of morpholine rings is 1. The number of benzene rings is 1. The normalized spacial score (nSPS) is 19.8. The average Bonchev–Trinajstić information content (AvgIpc) is 2.97. The first kappa shape index (κ1) is 14.3. The van der Waals surface area contributed by atoms with Gasteiger partial charge in [-0.25, -0.2) is 4.68 Å². The molecule has 0 saturated carbocycles. The topological polar surface area (TPSA) is 42.3 Å². The molecule has 0 radical (unpaired) electrons. The highest BCUT2D eigenvalue weighted by atomic mass is 16.5. The molecule has 1 N–H and O–H groups in total. The molecule has 1 atom stereocenters. The number of nitrogens with one attached hydrogen (secondary N) is 1. The number of ether oxygens (including phenoxy) is 1. The summed E-state index contributed by atoms with van der Waals surface area (Å²) in [5, 5.41) is 8.01. The summed E-state index contributed by atoms with van der Waals surface area (Å²) < 4.78 is 7.64. The van der Waals surface area contributed by atoms with E-state index < -0.39 is 0 Å². The maximum absolute atomic E-state index is 5.73. The SMILES string of the molecule is CN1CCOC(CNCc2ccn(-c3ccccc3)n2)C1. The summed E-state index contributed by atoms with van der Waals surface area (Å²) in [7, 11) is 2.14. The molecule has 1 fully saturated rings. The lowest BCUT2D eigenvalue weighted by Gasteiger charge is -2.30. The summed E-state index contributed by atoms with van der Waals surface area (Å²) in [5.74, 6) is 0. The highest BCUT2D eigenvalue weighted by Gasteiger charge is 2.16. The molecule has 3 rings (SSSR count). The average molecular weight is 286 g/mol. The van der Waals surface area contributed by atoms with Crippen LogP contribution in [0.3, 0.4) is 0 Å². The third kappa shape index (κ3) is 3.91. The van der Waals surface area contributed by atoms with E-state index in [1.165, 1.54) is 0 Å². The molecule has 2 aromatic rings. The van der Waals surface area contributed by atoms with Crippen LogP contribution in [-0.2, 0) is 11.3 Å². The van der Waals surface area contributed by atoms with Crippen LogP contribution in [0.5, 0.6) is 0 Å². The number of rotatable bonds is 5. The van der Waals surface area contributed by atoms with E-state index in [0.29, 0.717) is 0 Å². The fraction of sp³-hybridized carbons (Fsp3) is 0.438. The number of hydrogen-bond donors (Lipinski definition) is 1. The number of aromatic nitrogens is 2. The van der Waals surface area contributed by atoms with Crippen molar-refractivity contribution in [2.45, 2.75) is 12.6 Å². The van der Waals surface area contributed by atoms with Gasteiger partial charge in [-0.3, -0.25) is 0 Å². The van der Waals surface area contributed by atoms with Crippen LogP contribution in [0.4, 0.5) is 0 Å². The van der Waals surface area contributed by atoms with Gasteiger partial charge in [-0.2, -0.15) is 5.10 Å². The lowest BCUT2D eigenvalue weighted by Crippen LogP contribution is -2.44. The Morgan fingerprint density at radius 3 is 2.95 bits per heavy atom. The standard InChI is InChI=1S/C16H22N4O/c1-19-9-10-21-16(13-19)12-17-11-14-7-8-20(18-14)15-5-3-2-4-6-15/h2-8,16-17H,9-13H2,1H3. The number of para-hydroxylation sites is 1. The van der Waals surface area contributed by atoms with E-state index in [9.17, 15) is 0 Å². The van der Waals surface area contributed by atoms with Crippen molar-refractivity contribution >= 4 is 0 Å². The maximum Gasteiger partial charge on any atom is 0.0826 e. The van der Waals surface area contributed by atoms with Crippen LogP contribution in [0.1, 0.15) is 5.69 Å². The van der Waals surface area contributed by atoms with Crippen molar-refractivity contribution in [3.8, 4) is 5.69 Å². The summed E-state index contributed by atoms with van der Waals surface area (Å²) in [6.45, 7) is 4.47.